The number of nitrogens with one attached hydrogen (secondary N) is 1. The van der Waals surface area contributed by atoms with E-state index in [1.807, 2.05) is 6.26 Å². The molecule has 4 rings (SSSR count). The van der Waals surface area contributed by atoms with Crippen molar-refractivity contribution in [1.29, 1.82) is 0 Å². The van der Waals surface area contributed by atoms with Gasteiger partial charge in [-0.2, -0.15) is 18.2 Å². The highest BCUT2D eigenvalue weighted by molar-refractivity contribution is 7.98. The summed E-state index contributed by atoms with van der Waals surface area (Å²) >= 11 is 2.64. The molecule has 0 radical (unpaired) electrons. The Morgan fingerprint density at radius 2 is 1.81 bits per heavy atom. The maximum atomic E-state index is 12.9. The number of halogens is 3. The maximum absolute atomic E-state index is 12.9. The van der Waals surface area contributed by atoms with Crippen molar-refractivity contribution in [2.45, 2.75) is 11.2 Å². The third-order valence-electron chi connectivity index (χ3n) is 4.10. The third kappa shape index (κ3) is 5.26. The van der Waals surface area contributed by atoms with E-state index in [1.165, 1.54) is 35.2 Å². The third-order valence-corrected chi connectivity index (χ3v) is 5.61. The highest BCUT2D eigenvalue weighted by Crippen LogP contribution is 2.33. The number of ether oxygens (including phenoxy) is 1. The van der Waals surface area contributed by atoms with Crippen LogP contribution in [0.2, 0.25) is 0 Å². The molecule has 0 aliphatic carbocycles. The zero-order valence-corrected chi connectivity index (χ0v) is 18.1. The fraction of sp³-hybridized carbons (Fsp3) is 0.100. The van der Waals surface area contributed by atoms with Gasteiger partial charge in [-0.1, -0.05) is 17.4 Å². The lowest BCUT2D eigenvalue weighted by Gasteiger charge is -2.08. The number of anilines is 3. The lowest BCUT2D eigenvalue weighted by Crippen LogP contribution is -2.05. The minimum absolute atomic E-state index is 0.123. The molecular formula is C20H15F3N6OS2. The second-order valence-corrected chi connectivity index (χ2v) is 8.15. The Bertz CT molecular complexity index is 1230. The van der Waals surface area contributed by atoms with Crippen molar-refractivity contribution in [1.82, 2.24) is 20.2 Å². The standard InChI is InChI=1S/C20H15F3N6OS2/c1-31-16-10-15(26-18(24)27-16)30-14-7-5-11(6-8-14)17-28-29-19(32-17)25-13-4-2-3-12(9-13)20(21,22)23/h2-10H,1H3,(H,25,29)(H2,24,26,27). The number of hydrogen-bond donors (Lipinski definition) is 2. The first-order chi connectivity index (χ1) is 15.3. The molecule has 0 atom stereocenters. The summed E-state index contributed by atoms with van der Waals surface area (Å²) in [6, 6.07) is 13.7. The average molecular weight is 477 g/mol. The summed E-state index contributed by atoms with van der Waals surface area (Å²) in [7, 11) is 0. The van der Waals surface area contributed by atoms with Gasteiger partial charge in [0.05, 0.1) is 5.56 Å². The van der Waals surface area contributed by atoms with Gasteiger partial charge in [0.25, 0.3) is 0 Å². The highest BCUT2D eigenvalue weighted by atomic mass is 32.2. The van der Waals surface area contributed by atoms with Crippen LogP contribution in [0.25, 0.3) is 10.6 Å². The van der Waals surface area contributed by atoms with E-state index in [0.717, 1.165) is 17.7 Å². The van der Waals surface area contributed by atoms with Crippen molar-refractivity contribution in [3.05, 3.63) is 60.2 Å². The molecule has 164 valence electrons. The minimum atomic E-state index is -4.41. The summed E-state index contributed by atoms with van der Waals surface area (Å²) in [5.74, 6) is 1.00. The van der Waals surface area contributed by atoms with E-state index in [4.69, 9.17) is 10.5 Å². The zero-order chi connectivity index (χ0) is 22.7. The van der Waals surface area contributed by atoms with Gasteiger partial charge < -0.3 is 15.8 Å². The number of alkyl halides is 3. The number of nitrogens with two attached hydrogens (primary N) is 1. The van der Waals surface area contributed by atoms with Gasteiger partial charge in [-0.3, -0.25) is 0 Å². The normalized spacial score (nSPS) is 11.4. The monoisotopic (exact) mass is 476 g/mol. The Balaban J connectivity index is 1.46. The Hall–Kier alpha value is -3.38. The van der Waals surface area contributed by atoms with Gasteiger partial charge in [0.15, 0.2) is 0 Å². The van der Waals surface area contributed by atoms with Gasteiger partial charge >= 0.3 is 6.18 Å². The molecule has 3 N–H and O–H groups in total. The Morgan fingerprint density at radius 1 is 1.03 bits per heavy atom. The Labute approximate surface area is 188 Å². The first-order valence-corrected chi connectivity index (χ1v) is 11.1. The number of nitrogen functional groups attached to an aromatic ring is 1. The van der Waals surface area contributed by atoms with Crippen LogP contribution in [0, 0.1) is 0 Å². The van der Waals surface area contributed by atoms with E-state index >= 15 is 0 Å². The number of rotatable bonds is 6. The summed E-state index contributed by atoms with van der Waals surface area (Å²) in [5.41, 5.74) is 6.00. The number of aromatic nitrogens is 4. The van der Waals surface area contributed by atoms with E-state index in [2.05, 4.69) is 25.5 Å². The molecule has 2 aromatic heterocycles. The second-order valence-electron chi connectivity index (χ2n) is 6.35. The van der Waals surface area contributed by atoms with Gasteiger partial charge in [0, 0.05) is 17.3 Å². The van der Waals surface area contributed by atoms with Crippen LogP contribution in [0.15, 0.2) is 59.6 Å². The molecule has 2 heterocycles. The molecule has 2 aromatic carbocycles. The van der Waals surface area contributed by atoms with Gasteiger partial charge in [-0.05, 0) is 48.7 Å². The molecule has 32 heavy (non-hydrogen) atoms. The van der Waals surface area contributed by atoms with Crippen molar-refractivity contribution in [3.63, 3.8) is 0 Å². The molecule has 0 fully saturated rings. The topological polar surface area (TPSA) is 98.8 Å². The van der Waals surface area contributed by atoms with E-state index in [0.29, 0.717) is 26.8 Å². The van der Waals surface area contributed by atoms with Crippen LogP contribution in [-0.4, -0.2) is 26.4 Å². The molecule has 0 aliphatic heterocycles. The van der Waals surface area contributed by atoms with Gasteiger partial charge in [0.1, 0.15) is 15.8 Å². The number of hydrogen-bond acceptors (Lipinski definition) is 9. The molecule has 4 aromatic rings. The fourth-order valence-electron chi connectivity index (χ4n) is 2.65. The summed E-state index contributed by atoms with van der Waals surface area (Å²) < 4.78 is 44.4. The van der Waals surface area contributed by atoms with Crippen molar-refractivity contribution < 1.29 is 17.9 Å². The molecule has 0 aliphatic rings. The quantitative estimate of drug-likeness (QED) is 0.264. The van der Waals surface area contributed by atoms with Crippen molar-refractivity contribution in [3.8, 4) is 22.2 Å². The molecule has 7 nitrogen and oxygen atoms in total. The first kappa shape index (κ1) is 21.8. The van der Waals surface area contributed by atoms with E-state index in [-0.39, 0.29) is 11.6 Å². The minimum Gasteiger partial charge on any atom is -0.439 e. The fourth-order valence-corrected chi connectivity index (χ4v) is 3.82. The molecule has 0 saturated carbocycles. The summed E-state index contributed by atoms with van der Waals surface area (Å²) in [5, 5.41) is 12.6. The Kier molecular flexibility index (Phi) is 6.15. The molecule has 0 unspecified atom stereocenters. The molecular weight excluding hydrogens is 461 g/mol. The lowest BCUT2D eigenvalue weighted by atomic mass is 10.2. The molecule has 12 heteroatoms. The van der Waals surface area contributed by atoms with Crippen LogP contribution in [0.4, 0.5) is 29.9 Å². The molecule has 0 bridgehead atoms. The van der Waals surface area contributed by atoms with E-state index < -0.39 is 11.7 Å². The van der Waals surface area contributed by atoms with Crippen LogP contribution in [-0.2, 0) is 6.18 Å². The van der Waals surface area contributed by atoms with Crippen molar-refractivity contribution >= 4 is 39.9 Å². The summed E-state index contributed by atoms with van der Waals surface area (Å²) in [4.78, 5) is 8.13. The number of benzene rings is 2. The summed E-state index contributed by atoms with van der Waals surface area (Å²) in [6.07, 6.45) is -2.54. The van der Waals surface area contributed by atoms with Crippen LogP contribution in [0.1, 0.15) is 5.56 Å². The summed E-state index contributed by atoms with van der Waals surface area (Å²) in [6.45, 7) is 0. The van der Waals surface area contributed by atoms with E-state index in [9.17, 15) is 13.2 Å². The van der Waals surface area contributed by atoms with Gasteiger partial charge in [0.2, 0.25) is 17.0 Å². The van der Waals surface area contributed by atoms with Crippen LogP contribution >= 0.6 is 23.1 Å². The van der Waals surface area contributed by atoms with Crippen molar-refractivity contribution in [2.75, 3.05) is 17.3 Å². The van der Waals surface area contributed by atoms with Crippen LogP contribution in [0.3, 0.4) is 0 Å². The molecule has 0 saturated heterocycles. The predicted molar refractivity (Wildman–Crippen MR) is 118 cm³/mol. The number of nitrogens with zero attached hydrogens (tertiary/aromatic N) is 4. The second kappa shape index (κ2) is 9.01. The highest BCUT2D eigenvalue weighted by Gasteiger charge is 2.30. The lowest BCUT2D eigenvalue weighted by molar-refractivity contribution is -0.137. The van der Waals surface area contributed by atoms with Crippen LogP contribution in [0.5, 0.6) is 11.6 Å². The number of thioether (sulfide) groups is 1. The van der Waals surface area contributed by atoms with E-state index in [1.54, 1.807) is 30.3 Å². The first-order valence-electron chi connectivity index (χ1n) is 9.05. The Morgan fingerprint density at radius 3 is 2.53 bits per heavy atom. The van der Waals surface area contributed by atoms with Crippen LogP contribution < -0.4 is 15.8 Å². The van der Waals surface area contributed by atoms with Gasteiger partial charge in [-0.15, -0.1) is 22.0 Å². The molecule has 0 amide bonds. The maximum Gasteiger partial charge on any atom is 0.416 e. The average Bonchev–Trinajstić information content (AvgIpc) is 3.22. The predicted octanol–water partition coefficient (Wildman–Crippen LogP) is 5.85. The van der Waals surface area contributed by atoms with Gasteiger partial charge in [-0.25, -0.2) is 4.98 Å². The van der Waals surface area contributed by atoms with Crippen molar-refractivity contribution in [2.24, 2.45) is 0 Å². The SMILES string of the molecule is CSc1cc(Oc2ccc(-c3nnc(Nc4cccc(C(F)(F)F)c4)s3)cc2)nc(N)n1. The smallest absolute Gasteiger partial charge is 0.416 e. The molecule has 0 spiro atoms. The zero-order valence-electron chi connectivity index (χ0n) is 16.4. The largest absolute Gasteiger partial charge is 0.439 e.